The van der Waals surface area contributed by atoms with Crippen LogP contribution in [-0.2, 0) is 14.6 Å². The van der Waals surface area contributed by atoms with Gasteiger partial charge >= 0.3 is 0 Å². The Bertz CT molecular complexity index is 1390. The lowest BCUT2D eigenvalue weighted by molar-refractivity contribution is -0.135. The number of hydrogen-bond acceptors (Lipinski definition) is 4. The summed E-state index contributed by atoms with van der Waals surface area (Å²) in [6, 6.07) is 20.9. The highest BCUT2D eigenvalue weighted by Crippen LogP contribution is 2.29. The van der Waals surface area contributed by atoms with Gasteiger partial charge < -0.3 is 10.2 Å². The second-order valence-corrected chi connectivity index (χ2v) is 12.7. The molecule has 200 valence electrons. The quantitative estimate of drug-likeness (QED) is 0.415. The number of carbonyl (C=O) groups is 2. The maximum atomic E-state index is 13.4. The van der Waals surface area contributed by atoms with Crippen molar-refractivity contribution in [2.24, 2.45) is 5.92 Å². The van der Waals surface area contributed by atoms with Gasteiger partial charge in [-0.05, 0) is 77.8 Å². The summed E-state index contributed by atoms with van der Waals surface area (Å²) in [5, 5.41) is 3.68. The smallest absolute Gasteiger partial charge is 0.251 e. The molecule has 38 heavy (non-hydrogen) atoms. The van der Waals surface area contributed by atoms with Crippen molar-refractivity contribution < 1.29 is 18.0 Å². The number of hydrogen-bond donors (Lipinski definition) is 1. The van der Waals surface area contributed by atoms with Crippen LogP contribution in [0, 0.1) is 5.92 Å². The third-order valence-electron chi connectivity index (χ3n) is 7.11. The first-order valence-corrected chi connectivity index (χ1v) is 15.1. The van der Waals surface area contributed by atoms with Crippen molar-refractivity contribution in [2.45, 2.75) is 43.5 Å². The Labute approximate surface area is 229 Å². The average molecular weight is 553 g/mol. The molecule has 1 fully saturated rings. The van der Waals surface area contributed by atoms with Crippen molar-refractivity contribution >= 4 is 33.3 Å². The largest absolute Gasteiger partial charge is 0.341 e. The number of piperidine rings is 1. The van der Waals surface area contributed by atoms with Crippen molar-refractivity contribution in [1.29, 1.82) is 0 Å². The first-order valence-electron chi connectivity index (χ1n) is 12.8. The Kier molecular flexibility index (Phi) is 8.58. The van der Waals surface area contributed by atoms with Crippen LogP contribution in [0.15, 0.2) is 77.7 Å². The van der Waals surface area contributed by atoms with Gasteiger partial charge in [0.25, 0.3) is 5.91 Å². The molecule has 0 saturated carbocycles. The molecule has 0 aliphatic carbocycles. The van der Waals surface area contributed by atoms with Gasteiger partial charge in [-0.2, -0.15) is 0 Å². The van der Waals surface area contributed by atoms with Gasteiger partial charge in [0.05, 0.1) is 4.90 Å². The SMILES string of the molecule is CC(C)[C@@H](NC(=O)c1cccc(-c2ccc(S(C)(=O)=O)cc2)c1)C(=O)N1CCC(c2ccc(Cl)cc2)CC1. The molecule has 3 aromatic rings. The van der Waals surface area contributed by atoms with Crippen LogP contribution in [0.1, 0.15) is 48.5 Å². The minimum Gasteiger partial charge on any atom is -0.341 e. The number of rotatable bonds is 7. The normalized spacial score (nSPS) is 15.3. The van der Waals surface area contributed by atoms with Gasteiger partial charge in [0.1, 0.15) is 6.04 Å². The highest BCUT2D eigenvalue weighted by molar-refractivity contribution is 7.90. The number of sulfone groups is 1. The van der Waals surface area contributed by atoms with E-state index < -0.39 is 15.9 Å². The van der Waals surface area contributed by atoms with Crippen LogP contribution < -0.4 is 5.32 Å². The minimum absolute atomic E-state index is 0.0598. The molecule has 4 rings (SSSR count). The van der Waals surface area contributed by atoms with Crippen LogP contribution in [0.4, 0.5) is 0 Å². The summed E-state index contributed by atoms with van der Waals surface area (Å²) in [4.78, 5) is 28.7. The van der Waals surface area contributed by atoms with Gasteiger partial charge in [0.15, 0.2) is 9.84 Å². The van der Waals surface area contributed by atoms with E-state index in [1.165, 1.54) is 11.8 Å². The molecule has 0 spiro atoms. The van der Waals surface area contributed by atoms with E-state index in [-0.39, 0.29) is 22.6 Å². The molecule has 8 heteroatoms. The number of amides is 2. The number of nitrogens with zero attached hydrogens (tertiary/aromatic N) is 1. The van der Waals surface area contributed by atoms with Crippen LogP contribution in [0.3, 0.4) is 0 Å². The van der Waals surface area contributed by atoms with Crippen LogP contribution >= 0.6 is 11.6 Å². The maximum absolute atomic E-state index is 13.4. The summed E-state index contributed by atoms with van der Waals surface area (Å²) in [5.74, 6) is -0.0667. The monoisotopic (exact) mass is 552 g/mol. The second kappa shape index (κ2) is 11.7. The summed E-state index contributed by atoms with van der Waals surface area (Å²) in [6.45, 7) is 5.15. The van der Waals surface area contributed by atoms with Gasteiger partial charge in [0.2, 0.25) is 5.91 Å². The third-order valence-corrected chi connectivity index (χ3v) is 8.49. The minimum atomic E-state index is -3.29. The molecule has 2 amide bonds. The highest BCUT2D eigenvalue weighted by atomic mass is 35.5. The lowest BCUT2D eigenvalue weighted by atomic mass is 9.89. The van der Waals surface area contributed by atoms with Crippen molar-refractivity contribution in [1.82, 2.24) is 10.2 Å². The first kappa shape index (κ1) is 27.9. The van der Waals surface area contributed by atoms with E-state index in [2.05, 4.69) is 17.4 Å². The van der Waals surface area contributed by atoms with E-state index in [1.807, 2.05) is 36.9 Å². The van der Waals surface area contributed by atoms with E-state index >= 15 is 0 Å². The zero-order valence-corrected chi connectivity index (χ0v) is 23.4. The Balaban J connectivity index is 1.42. The molecule has 1 saturated heterocycles. The summed E-state index contributed by atoms with van der Waals surface area (Å²) in [6.07, 6.45) is 2.90. The molecule has 1 atom stereocenters. The number of likely N-dealkylation sites (tertiary alicyclic amines) is 1. The summed E-state index contributed by atoms with van der Waals surface area (Å²) in [7, 11) is -3.29. The van der Waals surface area contributed by atoms with Gasteiger partial charge in [-0.1, -0.05) is 61.8 Å². The Hall–Kier alpha value is -3.16. The molecule has 1 N–H and O–H groups in total. The summed E-state index contributed by atoms with van der Waals surface area (Å²) < 4.78 is 23.5. The topological polar surface area (TPSA) is 83.5 Å². The number of benzene rings is 3. The van der Waals surface area contributed by atoms with E-state index in [1.54, 1.807) is 42.5 Å². The first-order chi connectivity index (χ1) is 18.0. The van der Waals surface area contributed by atoms with Gasteiger partial charge in [0, 0.05) is 29.9 Å². The molecular formula is C30H33ClN2O4S. The molecule has 0 bridgehead atoms. The fourth-order valence-corrected chi connectivity index (χ4v) is 5.59. The summed E-state index contributed by atoms with van der Waals surface area (Å²) >= 11 is 6.02. The standard InChI is InChI=1S/C30H33ClN2O4S/c1-20(2)28(30(35)33-17-15-23(16-18-33)21-7-11-26(31)12-8-21)32-29(34)25-6-4-5-24(19-25)22-9-13-27(14-10-22)38(3,36)37/h4-14,19-20,23,28H,15-18H2,1-3H3,(H,32,34)/t28-/m1/s1. The molecule has 6 nitrogen and oxygen atoms in total. The molecule has 0 unspecified atom stereocenters. The Morgan fingerprint density at radius 1 is 0.921 bits per heavy atom. The van der Waals surface area contributed by atoms with Gasteiger partial charge in [-0.15, -0.1) is 0 Å². The summed E-state index contributed by atoms with van der Waals surface area (Å²) in [5.41, 5.74) is 3.26. The average Bonchev–Trinajstić information content (AvgIpc) is 2.91. The van der Waals surface area contributed by atoms with Gasteiger partial charge in [-0.3, -0.25) is 9.59 Å². The maximum Gasteiger partial charge on any atom is 0.251 e. The number of carbonyl (C=O) groups excluding carboxylic acids is 2. The Morgan fingerprint density at radius 3 is 2.13 bits per heavy atom. The van der Waals surface area contributed by atoms with E-state index in [0.29, 0.717) is 29.6 Å². The van der Waals surface area contributed by atoms with E-state index in [0.717, 1.165) is 24.0 Å². The number of nitrogens with one attached hydrogen (secondary N) is 1. The fraction of sp³-hybridized carbons (Fsp3) is 0.333. The molecule has 1 heterocycles. The van der Waals surface area contributed by atoms with Crippen molar-refractivity contribution in [3.8, 4) is 11.1 Å². The predicted octanol–water partition coefficient (Wildman–Crippen LogP) is 5.57. The fourth-order valence-electron chi connectivity index (χ4n) is 4.84. The lowest BCUT2D eigenvalue weighted by Crippen LogP contribution is -2.52. The molecule has 0 radical (unpaired) electrons. The van der Waals surface area contributed by atoms with Crippen LogP contribution in [0.2, 0.25) is 5.02 Å². The Morgan fingerprint density at radius 2 is 1.55 bits per heavy atom. The zero-order chi connectivity index (χ0) is 27.4. The molecule has 1 aliphatic heterocycles. The van der Waals surface area contributed by atoms with E-state index in [9.17, 15) is 18.0 Å². The molecule has 3 aromatic carbocycles. The molecular weight excluding hydrogens is 520 g/mol. The zero-order valence-electron chi connectivity index (χ0n) is 21.9. The van der Waals surface area contributed by atoms with Crippen molar-refractivity contribution in [3.05, 3.63) is 88.9 Å². The highest BCUT2D eigenvalue weighted by Gasteiger charge is 2.31. The van der Waals surface area contributed by atoms with Crippen LogP contribution in [0.25, 0.3) is 11.1 Å². The van der Waals surface area contributed by atoms with Crippen molar-refractivity contribution in [2.75, 3.05) is 19.3 Å². The van der Waals surface area contributed by atoms with Crippen molar-refractivity contribution in [3.63, 3.8) is 0 Å². The third kappa shape index (κ3) is 6.63. The lowest BCUT2D eigenvalue weighted by Gasteiger charge is -2.35. The van der Waals surface area contributed by atoms with Crippen LogP contribution in [-0.4, -0.2) is 50.5 Å². The van der Waals surface area contributed by atoms with Crippen LogP contribution in [0.5, 0.6) is 0 Å². The van der Waals surface area contributed by atoms with E-state index in [4.69, 9.17) is 11.6 Å². The molecule has 1 aliphatic rings. The second-order valence-electron chi connectivity index (χ2n) is 10.2. The van der Waals surface area contributed by atoms with Gasteiger partial charge in [-0.25, -0.2) is 8.42 Å². The number of halogens is 1. The predicted molar refractivity (Wildman–Crippen MR) is 151 cm³/mol. The molecule has 0 aromatic heterocycles.